The van der Waals surface area contributed by atoms with Crippen LogP contribution in [-0.4, -0.2) is 22.2 Å². The first-order valence-electron chi connectivity index (χ1n) is 5.20. The molecule has 4 heteroatoms. The molecule has 0 atom stereocenters. The fourth-order valence-corrected chi connectivity index (χ4v) is 1.89. The molecule has 0 aromatic heterocycles. The Morgan fingerprint density at radius 1 is 1.00 bits per heavy atom. The van der Waals surface area contributed by atoms with Crippen molar-refractivity contribution < 1.29 is 19.8 Å². The zero-order valence-corrected chi connectivity index (χ0v) is 9.38. The monoisotopic (exact) mass is 242 g/mol. The number of fused-ring (bicyclic) bond motifs is 1. The predicted octanol–water partition coefficient (Wildman–Crippen LogP) is 2.88. The molecule has 2 aromatic rings. The van der Waals surface area contributed by atoms with Crippen LogP contribution in [0.2, 0.25) is 0 Å². The molecule has 0 saturated carbocycles. The van der Waals surface area contributed by atoms with Crippen molar-refractivity contribution in [2.75, 3.05) is 0 Å². The fourth-order valence-electron chi connectivity index (χ4n) is 1.89. The van der Waals surface area contributed by atoms with Crippen LogP contribution in [-0.2, 0) is 0 Å². The maximum atomic E-state index is 11.2. The minimum atomic E-state index is -1.09. The van der Waals surface area contributed by atoms with Gasteiger partial charge in [0.05, 0.1) is 11.1 Å². The number of carbonyl (C=O) groups is 2. The van der Waals surface area contributed by atoms with E-state index in [-0.39, 0.29) is 11.1 Å². The Labute approximate surface area is 103 Å². The lowest BCUT2D eigenvalue weighted by Crippen LogP contribution is -2.02. The van der Waals surface area contributed by atoms with Gasteiger partial charge in [-0.05, 0) is 34.5 Å². The summed E-state index contributed by atoms with van der Waals surface area (Å²) in [5.74, 6) is -2.18. The van der Waals surface area contributed by atoms with Crippen molar-refractivity contribution in [3.8, 4) is 0 Å². The third-order valence-corrected chi connectivity index (χ3v) is 2.71. The summed E-state index contributed by atoms with van der Waals surface area (Å²) in [5.41, 5.74) is 0.734. The van der Waals surface area contributed by atoms with E-state index in [9.17, 15) is 9.59 Å². The van der Waals surface area contributed by atoms with E-state index in [1.54, 1.807) is 12.1 Å². The second-order valence-electron chi connectivity index (χ2n) is 3.78. The van der Waals surface area contributed by atoms with Crippen molar-refractivity contribution in [1.29, 1.82) is 0 Å². The van der Waals surface area contributed by atoms with Crippen molar-refractivity contribution in [1.82, 2.24) is 0 Å². The Morgan fingerprint density at radius 2 is 1.67 bits per heavy atom. The lowest BCUT2D eigenvalue weighted by Gasteiger charge is -2.07. The average Bonchev–Trinajstić information content (AvgIpc) is 2.36. The minimum Gasteiger partial charge on any atom is -0.478 e. The molecule has 0 fully saturated rings. The van der Waals surface area contributed by atoms with Gasteiger partial charge in [-0.25, -0.2) is 9.59 Å². The minimum absolute atomic E-state index is 0.0745. The second-order valence-corrected chi connectivity index (χ2v) is 3.78. The number of aromatic carboxylic acids is 2. The number of hydrogen-bond acceptors (Lipinski definition) is 2. The van der Waals surface area contributed by atoms with E-state index in [0.29, 0.717) is 16.3 Å². The summed E-state index contributed by atoms with van der Waals surface area (Å²) >= 11 is 0. The van der Waals surface area contributed by atoms with Gasteiger partial charge in [0.2, 0.25) is 0 Å². The van der Waals surface area contributed by atoms with Crippen LogP contribution < -0.4 is 0 Å². The first-order chi connectivity index (χ1) is 8.54. The molecule has 0 aliphatic rings. The summed E-state index contributed by atoms with van der Waals surface area (Å²) in [6, 6.07) is 7.68. The maximum absolute atomic E-state index is 11.2. The van der Waals surface area contributed by atoms with Crippen LogP contribution in [0.3, 0.4) is 0 Å². The van der Waals surface area contributed by atoms with Gasteiger partial charge in [-0.15, -0.1) is 0 Å². The van der Waals surface area contributed by atoms with E-state index in [1.165, 1.54) is 24.3 Å². The van der Waals surface area contributed by atoms with E-state index >= 15 is 0 Å². The zero-order chi connectivity index (χ0) is 13.3. The summed E-state index contributed by atoms with van der Waals surface area (Å²) in [5, 5.41) is 19.1. The molecule has 0 heterocycles. The number of carboxylic acids is 2. The van der Waals surface area contributed by atoms with Crippen LogP contribution in [0.4, 0.5) is 0 Å². The molecule has 0 amide bonds. The molecule has 2 rings (SSSR count). The Bertz CT molecular complexity index is 671. The van der Waals surface area contributed by atoms with Gasteiger partial charge in [-0.2, -0.15) is 0 Å². The van der Waals surface area contributed by atoms with Gasteiger partial charge in [-0.1, -0.05) is 24.8 Å². The van der Waals surface area contributed by atoms with Crippen LogP contribution in [0.1, 0.15) is 26.3 Å². The number of rotatable bonds is 3. The molecule has 2 N–H and O–H groups in total. The second kappa shape index (κ2) is 4.33. The highest BCUT2D eigenvalue weighted by Crippen LogP contribution is 2.25. The molecular formula is C14H10O4. The molecule has 90 valence electrons. The molecular weight excluding hydrogens is 232 g/mol. The molecule has 2 aromatic carbocycles. The van der Waals surface area contributed by atoms with Gasteiger partial charge < -0.3 is 10.2 Å². The smallest absolute Gasteiger partial charge is 0.336 e. The molecule has 0 unspecified atom stereocenters. The van der Waals surface area contributed by atoms with Crippen molar-refractivity contribution in [2.45, 2.75) is 0 Å². The van der Waals surface area contributed by atoms with E-state index in [1.807, 2.05) is 0 Å². The standard InChI is InChI=1S/C14H10O4/c1-2-8-6-11-9(12(7-8)14(17)18)4-3-5-10(11)13(15)16/h2-7H,1H2,(H,15,16)(H,17,18). The third kappa shape index (κ3) is 1.84. The Morgan fingerprint density at radius 3 is 2.22 bits per heavy atom. The number of carboxylic acid groups (broad SMARTS) is 2. The van der Waals surface area contributed by atoms with Crippen LogP contribution in [0.25, 0.3) is 16.8 Å². The summed E-state index contributed by atoms with van der Waals surface area (Å²) in [7, 11) is 0. The molecule has 0 spiro atoms. The summed E-state index contributed by atoms with van der Waals surface area (Å²) in [6.07, 6.45) is 1.49. The number of benzene rings is 2. The summed E-state index contributed by atoms with van der Waals surface area (Å²) in [6.45, 7) is 3.57. The average molecular weight is 242 g/mol. The van der Waals surface area contributed by atoms with E-state index in [0.717, 1.165) is 0 Å². The van der Waals surface area contributed by atoms with Gasteiger partial charge in [0.15, 0.2) is 0 Å². The van der Waals surface area contributed by atoms with E-state index in [2.05, 4.69) is 6.58 Å². The highest BCUT2D eigenvalue weighted by atomic mass is 16.4. The SMILES string of the molecule is C=Cc1cc(C(=O)O)c2cccc(C(=O)O)c2c1. The molecule has 18 heavy (non-hydrogen) atoms. The molecule has 0 radical (unpaired) electrons. The van der Waals surface area contributed by atoms with Crippen molar-refractivity contribution in [3.05, 3.63) is 53.6 Å². The predicted molar refractivity (Wildman–Crippen MR) is 68.0 cm³/mol. The van der Waals surface area contributed by atoms with Gasteiger partial charge in [0, 0.05) is 0 Å². The van der Waals surface area contributed by atoms with Crippen LogP contribution in [0, 0.1) is 0 Å². The van der Waals surface area contributed by atoms with Gasteiger partial charge in [0.1, 0.15) is 0 Å². The lowest BCUT2D eigenvalue weighted by molar-refractivity contribution is 0.0686. The highest BCUT2D eigenvalue weighted by molar-refractivity contribution is 6.11. The Balaban J connectivity index is 2.94. The highest BCUT2D eigenvalue weighted by Gasteiger charge is 2.14. The van der Waals surface area contributed by atoms with E-state index in [4.69, 9.17) is 10.2 Å². The largest absolute Gasteiger partial charge is 0.478 e. The molecule has 4 nitrogen and oxygen atoms in total. The molecule has 0 saturated heterocycles. The zero-order valence-electron chi connectivity index (χ0n) is 9.38. The van der Waals surface area contributed by atoms with E-state index < -0.39 is 11.9 Å². The van der Waals surface area contributed by atoms with Gasteiger partial charge >= 0.3 is 11.9 Å². The normalized spacial score (nSPS) is 10.2. The van der Waals surface area contributed by atoms with Crippen molar-refractivity contribution in [3.63, 3.8) is 0 Å². The van der Waals surface area contributed by atoms with Gasteiger partial charge in [0.25, 0.3) is 0 Å². The Kier molecular flexibility index (Phi) is 2.85. The third-order valence-electron chi connectivity index (χ3n) is 2.71. The maximum Gasteiger partial charge on any atom is 0.336 e. The quantitative estimate of drug-likeness (QED) is 0.867. The first-order valence-corrected chi connectivity index (χ1v) is 5.20. The van der Waals surface area contributed by atoms with Crippen molar-refractivity contribution in [2.24, 2.45) is 0 Å². The van der Waals surface area contributed by atoms with Crippen LogP contribution >= 0.6 is 0 Å². The van der Waals surface area contributed by atoms with Gasteiger partial charge in [-0.3, -0.25) is 0 Å². The summed E-state index contributed by atoms with van der Waals surface area (Å²) in [4.78, 5) is 22.3. The van der Waals surface area contributed by atoms with Crippen LogP contribution in [0.5, 0.6) is 0 Å². The molecule has 0 aliphatic heterocycles. The lowest BCUT2D eigenvalue weighted by atomic mass is 9.97. The molecule has 0 aliphatic carbocycles. The van der Waals surface area contributed by atoms with Crippen molar-refractivity contribution >= 4 is 28.8 Å². The van der Waals surface area contributed by atoms with Crippen LogP contribution in [0.15, 0.2) is 36.9 Å². The Hall–Kier alpha value is -2.62. The summed E-state index contributed by atoms with van der Waals surface area (Å²) < 4.78 is 0. The topological polar surface area (TPSA) is 74.6 Å². The number of hydrogen-bond donors (Lipinski definition) is 2. The first kappa shape index (κ1) is 11.9. The fraction of sp³-hybridized carbons (Fsp3) is 0. The molecule has 0 bridgehead atoms.